The first-order chi connectivity index (χ1) is 14.1. The molecular weight excluding hydrogens is 408 g/mol. The first-order valence-electron chi connectivity index (χ1n) is 11.3. The SMILES string of the molecule is CCCC[N+](CCCC)(CCCC)CCCC.[O-][Si](O)(O)Oc1cccc(F)c1F. The third-order valence-electron chi connectivity index (χ3n) is 5.10. The average molecular weight is 450 g/mol. The van der Waals surface area contributed by atoms with E-state index in [1.807, 2.05) is 0 Å². The lowest BCUT2D eigenvalue weighted by Crippen LogP contribution is -2.56. The second-order valence-electron chi connectivity index (χ2n) is 7.85. The molecule has 0 aromatic heterocycles. The fourth-order valence-corrected chi connectivity index (χ4v) is 3.80. The highest BCUT2D eigenvalue weighted by atomic mass is 28.4. The van der Waals surface area contributed by atoms with Gasteiger partial charge in [0.15, 0.2) is 11.6 Å². The van der Waals surface area contributed by atoms with E-state index in [0.29, 0.717) is 0 Å². The molecule has 0 amide bonds. The third-order valence-corrected chi connectivity index (χ3v) is 5.59. The molecule has 0 fully saturated rings. The molecule has 0 bridgehead atoms. The van der Waals surface area contributed by atoms with Crippen molar-refractivity contribution in [1.82, 2.24) is 0 Å². The molecule has 1 aromatic rings. The molecule has 0 aliphatic heterocycles. The lowest BCUT2D eigenvalue weighted by molar-refractivity contribution is -0.929. The Morgan fingerprint density at radius 3 is 1.57 bits per heavy atom. The number of hydrogen-bond donors (Lipinski definition) is 2. The standard InChI is InChI=1S/C16H36N.C6H5F2O4Si/c1-5-9-13-17(14-10-6-2,15-11-7-3)16-12-8-4;7-4-2-1-3-5(6(4)8)12-13(9,10)11/h5-16H2,1-4H3;1-3,9-10H/q+1;-1. The van der Waals surface area contributed by atoms with Crippen molar-refractivity contribution in [3.63, 3.8) is 0 Å². The topological polar surface area (TPSA) is 72.8 Å². The smallest absolute Gasteiger partial charge is 0.476 e. The van der Waals surface area contributed by atoms with Gasteiger partial charge in [-0.05, 0) is 37.8 Å². The fourth-order valence-electron chi connectivity index (χ4n) is 3.35. The van der Waals surface area contributed by atoms with Crippen LogP contribution in [0.4, 0.5) is 8.78 Å². The fraction of sp³-hybridized carbons (Fsp3) is 0.727. The second-order valence-corrected chi connectivity index (χ2v) is 9.15. The van der Waals surface area contributed by atoms with Gasteiger partial charge >= 0.3 is 9.05 Å². The first-order valence-corrected chi connectivity index (χ1v) is 13.0. The largest absolute Gasteiger partial charge is 0.783 e. The third kappa shape index (κ3) is 12.6. The van der Waals surface area contributed by atoms with Crippen LogP contribution in [-0.4, -0.2) is 49.3 Å². The minimum Gasteiger partial charge on any atom is -0.783 e. The van der Waals surface area contributed by atoms with Crippen LogP contribution in [0.3, 0.4) is 0 Å². The molecule has 8 heteroatoms. The predicted octanol–water partition coefficient (Wildman–Crippen LogP) is 4.13. The monoisotopic (exact) mass is 449 g/mol. The van der Waals surface area contributed by atoms with Crippen LogP contribution >= 0.6 is 0 Å². The van der Waals surface area contributed by atoms with Gasteiger partial charge in [-0.25, -0.2) is 4.39 Å². The number of unbranched alkanes of at least 4 members (excludes halogenated alkanes) is 4. The molecule has 0 radical (unpaired) electrons. The Balaban J connectivity index is 0.000000579. The lowest BCUT2D eigenvalue weighted by atomic mass is 10.1. The maximum atomic E-state index is 12.7. The molecule has 0 atom stereocenters. The average Bonchev–Trinajstić information content (AvgIpc) is 2.70. The Bertz CT molecular complexity index is 533. The Labute approximate surface area is 182 Å². The van der Waals surface area contributed by atoms with Crippen LogP contribution in [0.25, 0.3) is 0 Å². The lowest BCUT2D eigenvalue weighted by Gasteiger charge is -2.39. The zero-order valence-electron chi connectivity index (χ0n) is 19.1. The Kier molecular flexibility index (Phi) is 15.1. The minimum absolute atomic E-state index is 0.799. The van der Waals surface area contributed by atoms with Crippen molar-refractivity contribution in [2.24, 2.45) is 0 Å². The number of halogens is 2. The predicted molar refractivity (Wildman–Crippen MR) is 117 cm³/mol. The number of hydrogen-bond acceptors (Lipinski definition) is 4. The van der Waals surface area contributed by atoms with E-state index in [1.54, 1.807) is 0 Å². The van der Waals surface area contributed by atoms with Gasteiger partial charge in [-0.3, -0.25) is 0 Å². The summed E-state index contributed by atoms with van der Waals surface area (Å²) in [7, 11) is -5.11. The van der Waals surface area contributed by atoms with E-state index in [2.05, 4.69) is 32.1 Å². The Hall–Kier alpha value is -1.06. The van der Waals surface area contributed by atoms with Crippen molar-refractivity contribution in [2.75, 3.05) is 26.2 Å². The zero-order valence-corrected chi connectivity index (χ0v) is 20.1. The van der Waals surface area contributed by atoms with Gasteiger partial charge in [0.2, 0.25) is 0 Å². The molecule has 0 aliphatic rings. The van der Waals surface area contributed by atoms with Gasteiger partial charge in [-0.15, -0.1) is 0 Å². The van der Waals surface area contributed by atoms with E-state index in [0.717, 1.165) is 18.2 Å². The summed E-state index contributed by atoms with van der Waals surface area (Å²) in [6.45, 7) is 15.0. The van der Waals surface area contributed by atoms with E-state index < -0.39 is 26.4 Å². The molecule has 1 aromatic carbocycles. The van der Waals surface area contributed by atoms with E-state index >= 15 is 0 Å². The molecule has 1 rings (SSSR count). The van der Waals surface area contributed by atoms with Crippen molar-refractivity contribution in [3.8, 4) is 5.75 Å². The highest BCUT2D eigenvalue weighted by Gasteiger charge is 2.24. The van der Waals surface area contributed by atoms with Gasteiger partial charge in [0, 0.05) is 0 Å². The van der Waals surface area contributed by atoms with Gasteiger partial charge in [-0.2, -0.15) is 4.39 Å². The summed E-state index contributed by atoms with van der Waals surface area (Å²) >= 11 is 0. The highest BCUT2D eigenvalue weighted by molar-refractivity contribution is 6.47. The van der Waals surface area contributed by atoms with Crippen LogP contribution in [0.2, 0.25) is 0 Å². The zero-order chi connectivity index (χ0) is 23.0. The van der Waals surface area contributed by atoms with Crippen LogP contribution in [0.15, 0.2) is 18.2 Å². The molecular formula is C22H41F2NO4Si. The number of benzene rings is 1. The molecule has 0 heterocycles. The molecule has 0 saturated carbocycles. The van der Waals surface area contributed by atoms with Gasteiger partial charge in [-0.1, -0.05) is 59.4 Å². The summed E-state index contributed by atoms with van der Waals surface area (Å²) in [5.41, 5.74) is 0. The molecule has 176 valence electrons. The van der Waals surface area contributed by atoms with Crippen LogP contribution in [0.1, 0.15) is 79.1 Å². The summed E-state index contributed by atoms with van der Waals surface area (Å²) in [5.74, 6) is -3.44. The molecule has 2 N–H and O–H groups in total. The Morgan fingerprint density at radius 1 is 0.833 bits per heavy atom. The summed E-state index contributed by atoms with van der Waals surface area (Å²) < 4.78 is 30.5. The summed E-state index contributed by atoms with van der Waals surface area (Å²) in [4.78, 5) is 26.9. The van der Waals surface area contributed by atoms with Gasteiger partial charge in [0.25, 0.3) is 0 Å². The van der Waals surface area contributed by atoms with E-state index in [1.165, 1.54) is 82.0 Å². The van der Waals surface area contributed by atoms with Crippen molar-refractivity contribution in [2.45, 2.75) is 79.1 Å². The van der Waals surface area contributed by atoms with Crippen molar-refractivity contribution < 1.29 is 32.1 Å². The highest BCUT2D eigenvalue weighted by Crippen LogP contribution is 2.20. The summed E-state index contributed by atoms with van der Waals surface area (Å²) in [6, 6.07) is 2.81. The minimum atomic E-state index is -5.11. The summed E-state index contributed by atoms with van der Waals surface area (Å²) in [6.07, 6.45) is 11.1. The van der Waals surface area contributed by atoms with Crippen LogP contribution < -0.4 is 9.22 Å². The number of rotatable bonds is 14. The maximum absolute atomic E-state index is 12.7. The molecule has 5 nitrogen and oxygen atoms in total. The quantitative estimate of drug-likeness (QED) is 0.331. The van der Waals surface area contributed by atoms with Crippen LogP contribution in [-0.2, 0) is 0 Å². The van der Waals surface area contributed by atoms with Gasteiger partial charge < -0.3 is 23.3 Å². The molecule has 0 spiro atoms. The molecule has 30 heavy (non-hydrogen) atoms. The second kappa shape index (κ2) is 15.7. The van der Waals surface area contributed by atoms with Gasteiger partial charge in [0.1, 0.15) is 5.75 Å². The molecule has 0 aliphatic carbocycles. The molecule has 0 saturated heterocycles. The molecule has 0 unspecified atom stereocenters. The Morgan fingerprint density at radius 2 is 1.23 bits per heavy atom. The first kappa shape index (κ1) is 28.9. The van der Waals surface area contributed by atoms with Crippen molar-refractivity contribution in [3.05, 3.63) is 29.8 Å². The van der Waals surface area contributed by atoms with E-state index in [-0.39, 0.29) is 0 Å². The number of quaternary nitrogens is 1. The normalized spacial score (nSPS) is 11.8. The number of nitrogens with zero attached hydrogens (tertiary/aromatic N) is 1. The van der Waals surface area contributed by atoms with E-state index in [4.69, 9.17) is 9.59 Å². The maximum Gasteiger partial charge on any atom is 0.476 e. The van der Waals surface area contributed by atoms with Crippen LogP contribution in [0.5, 0.6) is 5.75 Å². The van der Waals surface area contributed by atoms with E-state index in [9.17, 15) is 13.6 Å². The van der Waals surface area contributed by atoms with Gasteiger partial charge in [0.05, 0.1) is 26.2 Å². The van der Waals surface area contributed by atoms with Crippen molar-refractivity contribution in [1.29, 1.82) is 0 Å². The van der Waals surface area contributed by atoms with Crippen molar-refractivity contribution >= 4 is 9.05 Å². The summed E-state index contributed by atoms with van der Waals surface area (Å²) in [5, 5.41) is 0. The van der Waals surface area contributed by atoms with Crippen LogP contribution in [0, 0.1) is 11.6 Å².